The molecule has 2 heterocycles. The van der Waals surface area contributed by atoms with E-state index in [2.05, 4.69) is 11.8 Å². The van der Waals surface area contributed by atoms with Crippen molar-refractivity contribution in [1.29, 1.82) is 0 Å². The molecule has 1 amide bonds. The number of hydrogen-bond acceptors (Lipinski definition) is 1. The number of rotatable bonds is 3. The summed E-state index contributed by atoms with van der Waals surface area (Å²) in [6.45, 7) is 3.58. The van der Waals surface area contributed by atoms with Gasteiger partial charge >= 0.3 is 0 Å². The molecule has 1 aliphatic heterocycles. The third-order valence-electron chi connectivity index (χ3n) is 3.51. The summed E-state index contributed by atoms with van der Waals surface area (Å²) in [6, 6.07) is 6.35. The number of aromatic nitrogens is 1. The molecule has 92 valence electrons. The van der Waals surface area contributed by atoms with E-state index in [1.807, 2.05) is 35.2 Å². The Hall–Kier alpha value is -1.38. The minimum Gasteiger partial charge on any atom is -0.334 e. The Bertz CT molecular complexity index is 364. The van der Waals surface area contributed by atoms with E-state index in [0.29, 0.717) is 12.6 Å². The molecule has 0 saturated carbocycles. The SMILES string of the molecule is CCC1CCCCN1C(=O)C[n+]1ccccc1. The molecule has 0 radical (unpaired) electrons. The lowest BCUT2D eigenvalue weighted by molar-refractivity contribution is -0.685. The summed E-state index contributed by atoms with van der Waals surface area (Å²) >= 11 is 0. The van der Waals surface area contributed by atoms with E-state index in [-0.39, 0.29) is 5.91 Å². The van der Waals surface area contributed by atoms with Crippen molar-refractivity contribution in [2.45, 2.75) is 45.2 Å². The Morgan fingerprint density at radius 3 is 2.76 bits per heavy atom. The lowest BCUT2D eigenvalue weighted by Crippen LogP contribution is -2.49. The fourth-order valence-corrected chi connectivity index (χ4v) is 2.54. The zero-order chi connectivity index (χ0) is 12.1. The number of hydrogen-bond donors (Lipinski definition) is 0. The third-order valence-corrected chi connectivity index (χ3v) is 3.51. The zero-order valence-corrected chi connectivity index (χ0v) is 10.5. The normalized spacial score (nSPS) is 20.3. The van der Waals surface area contributed by atoms with Crippen LogP contribution in [0.25, 0.3) is 0 Å². The van der Waals surface area contributed by atoms with Crippen LogP contribution >= 0.6 is 0 Å². The molecule has 2 rings (SSSR count). The van der Waals surface area contributed by atoms with Crippen LogP contribution in [0.15, 0.2) is 30.6 Å². The van der Waals surface area contributed by atoms with E-state index in [1.54, 1.807) is 0 Å². The highest BCUT2D eigenvalue weighted by molar-refractivity contribution is 5.75. The quantitative estimate of drug-likeness (QED) is 0.730. The molecule has 1 aliphatic rings. The predicted octanol–water partition coefficient (Wildman–Crippen LogP) is 1.77. The molecule has 3 nitrogen and oxygen atoms in total. The number of carbonyl (C=O) groups is 1. The van der Waals surface area contributed by atoms with Gasteiger partial charge in [0.25, 0.3) is 5.91 Å². The van der Waals surface area contributed by atoms with E-state index in [0.717, 1.165) is 19.4 Å². The average molecular weight is 233 g/mol. The van der Waals surface area contributed by atoms with Crippen LogP contribution in [0.2, 0.25) is 0 Å². The van der Waals surface area contributed by atoms with Crippen LogP contribution in [0.3, 0.4) is 0 Å². The minimum absolute atomic E-state index is 0.257. The van der Waals surface area contributed by atoms with Gasteiger partial charge in [0.05, 0.1) is 0 Å². The first-order valence-corrected chi connectivity index (χ1v) is 6.55. The second kappa shape index (κ2) is 5.80. The Morgan fingerprint density at radius 1 is 1.29 bits per heavy atom. The van der Waals surface area contributed by atoms with E-state index >= 15 is 0 Å². The molecule has 3 heteroatoms. The van der Waals surface area contributed by atoms with E-state index in [9.17, 15) is 4.79 Å². The summed E-state index contributed by atoms with van der Waals surface area (Å²) in [7, 11) is 0. The van der Waals surface area contributed by atoms with Crippen molar-refractivity contribution in [3.8, 4) is 0 Å². The summed E-state index contributed by atoms with van der Waals surface area (Å²) in [6.07, 6.45) is 8.56. The molecule has 1 atom stereocenters. The number of nitrogens with zero attached hydrogens (tertiary/aromatic N) is 2. The first kappa shape index (κ1) is 12.1. The van der Waals surface area contributed by atoms with E-state index in [4.69, 9.17) is 0 Å². The first-order valence-electron chi connectivity index (χ1n) is 6.55. The zero-order valence-electron chi connectivity index (χ0n) is 10.5. The summed E-state index contributed by atoms with van der Waals surface area (Å²) in [5.41, 5.74) is 0. The van der Waals surface area contributed by atoms with Crippen LogP contribution in [0.1, 0.15) is 32.6 Å². The Morgan fingerprint density at radius 2 is 2.06 bits per heavy atom. The second-order valence-corrected chi connectivity index (χ2v) is 4.69. The molecule has 0 aliphatic carbocycles. The monoisotopic (exact) mass is 233 g/mol. The maximum atomic E-state index is 12.2. The van der Waals surface area contributed by atoms with E-state index in [1.165, 1.54) is 12.8 Å². The van der Waals surface area contributed by atoms with Crippen molar-refractivity contribution in [2.24, 2.45) is 0 Å². The van der Waals surface area contributed by atoms with Crippen LogP contribution in [0.5, 0.6) is 0 Å². The fourth-order valence-electron chi connectivity index (χ4n) is 2.54. The average Bonchev–Trinajstić information content (AvgIpc) is 2.40. The predicted molar refractivity (Wildman–Crippen MR) is 66.3 cm³/mol. The molecule has 1 unspecified atom stereocenters. The van der Waals surface area contributed by atoms with Gasteiger partial charge in [-0.05, 0) is 25.7 Å². The number of piperidine rings is 1. The highest BCUT2D eigenvalue weighted by Gasteiger charge is 2.26. The number of likely N-dealkylation sites (tertiary alicyclic amines) is 1. The molecular weight excluding hydrogens is 212 g/mol. The molecule has 1 aromatic rings. The highest BCUT2D eigenvalue weighted by Crippen LogP contribution is 2.19. The molecule has 1 saturated heterocycles. The van der Waals surface area contributed by atoms with Crippen molar-refractivity contribution in [2.75, 3.05) is 6.54 Å². The van der Waals surface area contributed by atoms with Crippen LogP contribution in [-0.2, 0) is 11.3 Å². The van der Waals surface area contributed by atoms with Gasteiger partial charge < -0.3 is 4.90 Å². The second-order valence-electron chi connectivity index (χ2n) is 4.69. The molecular formula is C14H21N2O+. The molecule has 0 aromatic carbocycles. The fraction of sp³-hybridized carbons (Fsp3) is 0.571. The van der Waals surface area contributed by atoms with Gasteiger partial charge in [-0.1, -0.05) is 13.0 Å². The van der Waals surface area contributed by atoms with Crippen molar-refractivity contribution >= 4 is 5.91 Å². The van der Waals surface area contributed by atoms with Crippen LogP contribution < -0.4 is 4.57 Å². The summed E-state index contributed by atoms with van der Waals surface area (Å²) in [5, 5.41) is 0. The Balaban J connectivity index is 1.99. The molecule has 17 heavy (non-hydrogen) atoms. The summed E-state index contributed by atoms with van der Waals surface area (Å²) in [4.78, 5) is 14.3. The van der Waals surface area contributed by atoms with Gasteiger partial charge in [0.15, 0.2) is 12.4 Å². The van der Waals surface area contributed by atoms with Gasteiger partial charge in [0.2, 0.25) is 6.54 Å². The van der Waals surface area contributed by atoms with Gasteiger partial charge in [0.1, 0.15) is 0 Å². The van der Waals surface area contributed by atoms with Crippen LogP contribution in [-0.4, -0.2) is 23.4 Å². The van der Waals surface area contributed by atoms with Crippen LogP contribution in [0, 0.1) is 0 Å². The van der Waals surface area contributed by atoms with Gasteiger partial charge in [-0.3, -0.25) is 4.79 Å². The molecule has 0 N–H and O–H groups in total. The van der Waals surface area contributed by atoms with E-state index < -0.39 is 0 Å². The van der Waals surface area contributed by atoms with Crippen molar-refractivity contribution < 1.29 is 9.36 Å². The van der Waals surface area contributed by atoms with Crippen molar-refractivity contribution in [3.05, 3.63) is 30.6 Å². The third kappa shape index (κ3) is 3.05. The maximum Gasteiger partial charge on any atom is 0.288 e. The lowest BCUT2D eigenvalue weighted by Gasteiger charge is -2.34. The summed E-state index contributed by atoms with van der Waals surface area (Å²) in [5.74, 6) is 0.257. The highest BCUT2D eigenvalue weighted by atomic mass is 16.2. The van der Waals surface area contributed by atoms with Crippen molar-refractivity contribution in [1.82, 2.24) is 4.90 Å². The number of amides is 1. The smallest absolute Gasteiger partial charge is 0.288 e. The maximum absolute atomic E-state index is 12.2. The van der Waals surface area contributed by atoms with Gasteiger partial charge in [0, 0.05) is 24.7 Å². The number of pyridine rings is 1. The number of carbonyl (C=O) groups excluding carboxylic acids is 1. The van der Waals surface area contributed by atoms with Gasteiger partial charge in [-0.15, -0.1) is 0 Å². The topological polar surface area (TPSA) is 24.2 Å². The molecule has 0 spiro atoms. The minimum atomic E-state index is 0.257. The Labute approximate surface area is 103 Å². The van der Waals surface area contributed by atoms with Gasteiger partial charge in [-0.25, -0.2) is 0 Å². The van der Waals surface area contributed by atoms with Gasteiger partial charge in [-0.2, -0.15) is 4.57 Å². The Kier molecular flexibility index (Phi) is 4.13. The van der Waals surface area contributed by atoms with Crippen LogP contribution in [0.4, 0.5) is 0 Å². The lowest BCUT2D eigenvalue weighted by atomic mass is 10.00. The largest absolute Gasteiger partial charge is 0.334 e. The van der Waals surface area contributed by atoms with Crippen molar-refractivity contribution in [3.63, 3.8) is 0 Å². The summed E-state index contributed by atoms with van der Waals surface area (Å²) < 4.78 is 1.95. The molecule has 1 fully saturated rings. The first-order chi connectivity index (χ1) is 8.31. The molecule has 1 aromatic heterocycles. The molecule has 0 bridgehead atoms. The standard InChI is InChI=1S/C14H21N2O/c1-2-13-8-4-7-11-16(13)14(17)12-15-9-5-3-6-10-15/h3,5-6,9-10,13H,2,4,7-8,11-12H2,1H3/q+1.